The highest BCUT2D eigenvalue weighted by molar-refractivity contribution is 5.76. The highest BCUT2D eigenvalue weighted by Crippen LogP contribution is 2.29. The van der Waals surface area contributed by atoms with Gasteiger partial charge >= 0.3 is 0 Å². The molecule has 0 aromatic heterocycles. The van der Waals surface area contributed by atoms with Crippen molar-refractivity contribution in [3.63, 3.8) is 0 Å². The molecular weight excluding hydrogens is 166 g/mol. The van der Waals surface area contributed by atoms with Crippen LogP contribution in [0, 0.1) is 5.92 Å². The molecule has 0 aliphatic heterocycles. The Bertz CT molecular complexity index is 162. The van der Waals surface area contributed by atoms with Gasteiger partial charge in [-0.1, -0.05) is 13.3 Å². The zero-order chi connectivity index (χ0) is 9.68. The van der Waals surface area contributed by atoms with Crippen LogP contribution in [0.25, 0.3) is 0 Å². The fourth-order valence-electron chi connectivity index (χ4n) is 1.52. The number of amides is 1. The molecule has 3 heteroatoms. The molecule has 1 fully saturated rings. The Morgan fingerprint density at radius 3 is 2.69 bits per heavy atom. The molecule has 1 saturated carbocycles. The first-order valence-electron chi connectivity index (χ1n) is 5.16. The van der Waals surface area contributed by atoms with Gasteiger partial charge in [0.1, 0.15) is 0 Å². The fraction of sp³-hybridized carbons (Fsp3) is 0.900. The summed E-state index contributed by atoms with van der Waals surface area (Å²) in [6, 6.07) is -0.0485. The van der Waals surface area contributed by atoms with E-state index < -0.39 is 0 Å². The Hall–Kier alpha value is -0.570. The number of aliphatic hydroxyl groups excluding tert-OH is 1. The first-order chi connectivity index (χ1) is 6.26. The van der Waals surface area contributed by atoms with Gasteiger partial charge in [-0.25, -0.2) is 0 Å². The summed E-state index contributed by atoms with van der Waals surface area (Å²) in [5.74, 6) is 0.710. The van der Waals surface area contributed by atoms with E-state index in [1.165, 1.54) is 19.3 Å². The Labute approximate surface area is 79.5 Å². The number of hydrogen-bond donors (Lipinski definition) is 2. The second-order valence-corrected chi connectivity index (χ2v) is 3.86. The third kappa shape index (κ3) is 3.35. The highest BCUT2D eigenvalue weighted by atomic mass is 16.3. The van der Waals surface area contributed by atoms with Crippen LogP contribution in [0.3, 0.4) is 0 Å². The van der Waals surface area contributed by atoms with E-state index >= 15 is 0 Å². The summed E-state index contributed by atoms with van der Waals surface area (Å²) in [7, 11) is 0. The third-order valence-electron chi connectivity index (χ3n) is 2.78. The fourth-order valence-corrected chi connectivity index (χ4v) is 1.52. The topological polar surface area (TPSA) is 49.3 Å². The summed E-state index contributed by atoms with van der Waals surface area (Å²) in [4.78, 5) is 11.4. The molecule has 76 valence electrons. The molecule has 0 aromatic carbocycles. The number of carbonyl (C=O) groups excluding carboxylic acids is 1. The van der Waals surface area contributed by atoms with Crippen LogP contribution in [-0.2, 0) is 4.79 Å². The maximum Gasteiger partial charge on any atom is 0.220 e. The number of carbonyl (C=O) groups is 1. The van der Waals surface area contributed by atoms with Gasteiger partial charge in [-0.15, -0.1) is 0 Å². The third-order valence-corrected chi connectivity index (χ3v) is 2.78. The molecule has 0 aromatic rings. The minimum absolute atomic E-state index is 0.0485. The van der Waals surface area contributed by atoms with Gasteiger partial charge in [-0.05, 0) is 25.2 Å². The summed E-state index contributed by atoms with van der Waals surface area (Å²) in [5.41, 5.74) is 0. The first kappa shape index (κ1) is 10.5. The molecule has 0 heterocycles. The predicted molar refractivity (Wildman–Crippen MR) is 51.3 cm³/mol. The van der Waals surface area contributed by atoms with E-state index in [0.29, 0.717) is 12.3 Å². The van der Waals surface area contributed by atoms with Crippen LogP contribution in [-0.4, -0.2) is 23.7 Å². The molecule has 0 spiro atoms. The summed E-state index contributed by atoms with van der Waals surface area (Å²) >= 11 is 0. The van der Waals surface area contributed by atoms with Gasteiger partial charge in [0.15, 0.2) is 0 Å². The van der Waals surface area contributed by atoms with Crippen molar-refractivity contribution in [3.05, 3.63) is 0 Å². The SMILES string of the molecule is CC[C@H](CO)NC(=O)CC1CCC1. The lowest BCUT2D eigenvalue weighted by atomic mass is 9.83. The van der Waals surface area contributed by atoms with Gasteiger partial charge in [-0.2, -0.15) is 0 Å². The van der Waals surface area contributed by atoms with E-state index in [1.54, 1.807) is 0 Å². The van der Waals surface area contributed by atoms with Crippen molar-refractivity contribution in [1.29, 1.82) is 0 Å². The lowest BCUT2D eigenvalue weighted by Crippen LogP contribution is -2.38. The average Bonchev–Trinajstić information content (AvgIpc) is 2.07. The number of nitrogens with one attached hydrogen (secondary N) is 1. The zero-order valence-corrected chi connectivity index (χ0v) is 8.25. The van der Waals surface area contributed by atoms with Crippen molar-refractivity contribution in [3.8, 4) is 0 Å². The largest absolute Gasteiger partial charge is 0.394 e. The lowest BCUT2D eigenvalue weighted by Gasteiger charge is -2.25. The minimum atomic E-state index is -0.0485. The number of aliphatic hydroxyl groups is 1. The van der Waals surface area contributed by atoms with Crippen LogP contribution in [0.5, 0.6) is 0 Å². The van der Waals surface area contributed by atoms with Crippen molar-refractivity contribution in [1.82, 2.24) is 5.32 Å². The predicted octanol–water partition coefficient (Wildman–Crippen LogP) is 1.06. The molecule has 1 atom stereocenters. The standard InChI is InChI=1S/C10H19NO2/c1-2-9(7-12)11-10(13)6-8-4-3-5-8/h8-9,12H,2-7H2,1H3,(H,11,13)/t9-/m1/s1. The van der Waals surface area contributed by atoms with E-state index in [-0.39, 0.29) is 18.6 Å². The molecule has 1 amide bonds. The molecule has 0 bridgehead atoms. The molecule has 0 unspecified atom stereocenters. The van der Waals surface area contributed by atoms with Crippen molar-refractivity contribution in [2.75, 3.05) is 6.61 Å². The van der Waals surface area contributed by atoms with E-state index in [4.69, 9.17) is 5.11 Å². The van der Waals surface area contributed by atoms with E-state index in [2.05, 4.69) is 5.32 Å². The van der Waals surface area contributed by atoms with Crippen molar-refractivity contribution < 1.29 is 9.90 Å². The monoisotopic (exact) mass is 185 g/mol. The Balaban J connectivity index is 2.14. The van der Waals surface area contributed by atoms with Crippen molar-refractivity contribution >= 4 is 5.91 Å². The first-order valence-corrected chi connectivity index (χ1v) is 5.16. The average molecular weight is 185 g/mol. The molecule has 2 N–H and O–H groups in total. The second kappa shape index (κ2) is 5.22. The van der Waals surface area contributed by atoms with Gasteiger partial charge in [0.2, 0.25) is 5.91 Å². The number of rotatable bonds is 5. The summed E-state index contributed by atoms with van der Waals surface area (Å²) in [6.45, 7) is 2.01. The Morgan fingerprint density at radius 2 is 2.31 bits per heavy atom. The Morgan fingerprint density at radius 1 is 1.62 bits per heavy atom. The normalized spacial score (nSPS) is 19.2. The van der Waals surface area contributed by atoms with Gasteiger partial charge in [0.05, 0.1) is 12.6 Å². The molecule has 3 nitrogen and oxygen atoms in total. The van der Waals surface area contributed by atoms with E-state index in [1.807, 2.05) is 6.92 Å². The van der Waals surface area contributed by atoms with Crippen LogP contribution in [0.15, 0.2) is 0 Å². The van der Waals surface area contributed by atoms with Crippen molar-refractivity contribution in [2.24, 2.45) is 5.92 Å². The van der Waals surface area contributed by atoms with Crippen LogP contribution in [0.1, 0.15) is 39.0 Å². The Kier molecular flexibility index (Phi) is 4.22. The summed E-state index contributed by atoms with van der Waals surface area (Å²) in [5, 5.41) is 11.7. The van der Waals surface area contributed by atoms with Crippen LogP contribution in [0.4, 0.5) is 0 Å². The molecular formula is C10H19NO2. The zero-order valence-electron chi connectivity index (χ0n) is 8.25. The molecule has 1 rings (SSSR count). The van der Waals surface area contributed by atoms with Gasteiger partial charge in [0.25, 0.3) is 0 Å². The van der Waals surface area contributed by atoms with Gasteiger partial charge in [-0.3, -0.25) is 4.79 Å². The molecule has 0 saturated heterocycles. The van der Waals surface area contributed by atoms with E-state index in [9.17, 15) is 4.79 Å². The smallest absolute Gasteiger partial charge is 0.220 e. The molecule has 0 radical (unpaired) electrons. The lowest BCUT2D eigenvalue weighted by molar-refractivity contribution is -0.123. The molecule has 1 aliphatic carbocycles. The van der Waals surface area contributed by atoms with Gasteiger partial charge < -0.3 is 10.4 Å². The quantitative estimate of drug-likeness (QED) is 0.673. The van der Waals surface area contributed by atoms with Crippen LogP contribution >= 0.6 is 0 Å². The van der Waals surface area contributed by atoms with Crippen LogP contribution in [0.2, 0.25) is 0 Å². The second-order valence-electron chi connectivity index (χ2n) is 3.86. The molecule has 13 heavy (non-hydrogen) atoms. The maximum atomic E-state index is 11.4. The molecule has 1 aliphatic rings. The highest BCUT2D eigenvalue weighted by Gasteiger charge is 2.21. The van der Waals surface area contributed by atoms with Crippen molar-refractivity contribution in [2.45, 2.75) is 45.1 Å². The van der Waals surface area contributed by atoms with E-state index in [0.717, 1.165) is 6.42 Å². The number of hydrogen-bond acceptors (Lipinski definition) is 2. The maximum absolute atomic E-state index is 11.4. The minimum Gasteiger partial charge on any atom is -0.394 e. The summed E-state index contributed by atoms with van der Waals surface area (Å²) < 4.78 is 0. The summed E-state index contributed by atoms with van der Waals surface area (Å²) in [6.07, 6.45) is 5.12. The van der Waals surface area contributed by atoms with Gasteiger partial charge in [0, 0.05) is 6.42 Å². The van der Waals surface area contributed by atoms with Crippen LogP contribution < -0.4 is 5.32 Å².